The number of nitrogens with one attached hydrogen (secondary N) is 4. The molecule has 0 bridgehead atoms. The number of rotatable bonds is 14. The fourth-order valence-electron chi connectivity index (χ4n) is 5.52. The van der Waals surface area contributed by atoms with Crippen LogP contribution in [0.2, 0.25) is 0 Å². The van der Waals surface area contributed by atoms with Crippen molar-refractivity contribution in [1.29, 1.82) is 0 Å². The maximum Gasteiger partial charge on any atom is 0.407 e. The van der Waals surface area contributed by atoms with Crippen molar-refractivity contribution in [3.05, 3.63) is 95.6 Å². The van der Waals surface area contributed by atoms with Gasteiger partial charge in [-0.3, -0.25) is 19.2 Å². The normalized spacial score (nSPS) is 12.9. The molecule has 2 atom stereocenters. The molecule has 4 N–H and O–H groups in total. The first-order chi connectivity index (χ1) is 23.0. The Morgan fingerprint density at radius 3 is 1.90 bits per heavy atom. The zero-order valence-corrected chi connectivity index (χ0v) is 27.1. The molecule has 48 heavy (non-hydrogen) atoms. The van der Waals surface area contributed by atoms with Gasteiger partial charge in [-0.05, 0) is 40.2 Å². The fourth-order valence-corrected chi connectivity index (χ4v) is 5.52. The quantitative estimate of drug-likeness (QED) is 0.152. The molecule has 1 aliphatic carbocycles. The van der Waals surface area contributed by atoms with Crippen molar-refractivity contribution in [3.8, 4) is 11.1 Å². The highest BCUT2D eigenvalue weighted by atomic mass is 16.6. The lowest BCUT2D eigenvalue weighted by Crippen LogP contribution is -2.54. The first-order valence-electron chi connectivity index (χ1n) is 15.7. The Morgan fingerprint density at radius 2 is 1.29 bits per heavy atom. The summed E-state index contributed by atoms with van der Waals surface area (Å²) >= 11 is 0. The van der Waals surface area contributed by atoms with Crippen LogP contribution < -0.4 is 21.3 Å². The molecule has 252 valence electrons. The molecule has 12 nitrogen and oxygen atoms in total. The van der Waals surface area contributed by atoms with Gasteiger partial charge >= 0.3 is 18.0 Å². The van der Waals surface area contributed by atoms with Crippen molar-refractivity contribution in [2.24, 2.45) is 5.92 Å². The van der Waals surface area contributed by atoms with Crippen molar-refractivity contribution >= 4 is 35.8 Å². The molecule has 0 saturated heterocycles. The van der Waals surface area contributed by atoms with Crippen LogP contribution in [0.3, 0.4) is 0 Å². The van der Waals surface area contributed by atoms with E-state index in [1.165, 1.54) is 0 Å². The third kappa shape index (κ3) is 9.99. The molecule has 0 spiro atoms. The topological polar surface area (TPSA) is 169 Å². The standard InChI is InChI=1S/C36H40N4O8/c1-22(2)17-31(35(45)48-23(3)41)40-34(44)30(18-24-11-5-4-6-12-24)39-33(43)20-37-32(42)19-38-36(46)47-21-29-27-15-9-7-13-25(27)26-14-8-10-16-28(26)29/h4-16,22,29-31H,17-21H2,1-3H3,(H,37,42)(H,38,46)(H,39,43)(H,40,44)/t30-,31-/m0/s1. The number of carbonyl (C=O) groups is 6. The summed E-state index contributed by atoms with van der Waals surface area (Å²) in [4.78, 5) is 74.9. The molecule has 0 saturated carbocycles. The molecule has 0 radical (unpaired) electrons. The third-order valence-electron chi connectivity index (χ3n) is 7.67. The molecule has 4 rings (SSSR count). The second-order valence-electron chi connectivity index (χ2n) is 11.9. The molecule has 3 aromatic rings. The highest BCUT2D eigenvalue weighted by Crippen LogP contribution is 2.44. The van der Waals surface area contributed by atoms with E-state index in [0.29, 0.717) is 0 Å². The number of benzene rings is 3. The van der Waals surface area contributed by atoms with Crippen LogP contribution in [0.1, 0.15) is 49.8 Å². The van der Waals surface area contributed by atoms with E-state index in [4.69, 9.17) is 9.47 Å². The van der Waals surface area contributed by atoms with Gasteiger partial charge in [0, 0.05) is 19.3 Å². The van der Waals surface area contributed by atoms with E-state index in [1.54, 1.807) is 30.3 Å². The zero-order valence-electron chi connectivity index (χ0n) is 27.1. The Labute approximate surface area is 279 Å². The molecular weight excluding hydrogens is 616 g/mol. The Hall–Kier alpha value is -5.52. The van der Waals surface area contributed by atoms with E-state index in [0.717, 1.165) is 34.7 Å². The first kappa shape index (κ1) is 35.3. The van der Waals surface area contributed by atoms with Crippen LogP contribution in [0.25, 0.3) is 11.1 Å². The second kappa shape index (κ2) is 16.9. The number of alkyl carbamates (subject to hydrolysis) is 1. The fraction of sp³-hybridized carbons (Fsp3) is 0.333. The smallest absolute Gasteiger partial charge is 0.407 e. The largest absolute Gasteiger partial charge is 0.449 e. The summed E-state index contributed by atoms with van der Waals surface area (Å²) < 4.78 is 10.1. The first-order valence-corrected chi connectivity index (χ1v) is 15.7. The van der Waals surface area contributed by atoms with Gasteiger partial charge in [-0.1, -0.05) is 92.7 Å². The summed E-state index contributed by atoms with van der Waals surface area (Å²) in [5.41, 5.74) is 5.03. The molecule has 0 heterocycles. The number of hydrogen-bond acceptors (Lipinski definition) is 8. The van der Waals surface area contributed by atoms with Crippen molar-refractivity contribution in [2.75, 3.05) is 19.7 Å². The Balaban J connectivity index is 1.27. The van der Waals surface area contributed by atoms with Crippen LogP contribution >= 0.6 is 0 Å². The lowest BCUT2D eigenvalue weighted by Gasteiger charge is -2.23. The molecule has 0 aromatic heterocycles. The van der Waals surface area contributed by atoms with Crippen molar-refractivity contribution in [1.82, 2.24) is 21.3 Å². The molecule has 0 aliphatic heterocycles. The Kier molecular flexibility index (Phi) is 12.4. The van der Waals surface area contributed by atoms with Crippen LogP contribution in [0, 0.1) is 5.92 Å². The van der Waals surface area contributed by atoms with Gasteiger partial charge in [0.05, 0.1) is 6.54 Å². The minimum atomic E-state index is -1.12. The second-order valence-corrected chi connectivity index (χ2v) is 11.9. The summed E-state index contributed by atoms with van der Waals surface area (Å²) in [5.74, 6) is -3.84. The monoisotopic (exact) mass is 656 g/mol. The number of ether oxygens (including phenoxy) is 2. The van der Waals surface area contributed by atoms with E-state index in [9.17, 15) is 28.8 Å². The molecule has 3 aromatic carbocycles. The minimum absolute atomic E-state index is 0.0192. The Bertz CT molecular complexity index is 1600. The predicted octanol–water partition coefficient (Wildman–Crippen LogP) is 2.99. The van der Waals surface area contributed by atoms with Crippen LogP contribution in [0.5, 0.6) is 0 Å². The average molecular weight is 657 g/mol. The summed E-state index contributed by atoms with van der Waals surface area (Å²) in [7, 11) is 0. The third-order valence-corrected chi connectivity index (χ3v) is 7.67. The molecular formula is C36H40N4O8. The van der Waals surface area contributed by atoms with Crippen LogP contribution in [0.4, 0.5) is 4.79 Å². The maximum absolute atomic E-state index is 13.3. The van der Waals surface area contributed by atoms with E-state index in [1.807, 2.05) is 62.4 Å². The van der Waals surface area contributed by atoms with Gasteiger partial charge in [0.15, 0.2) is 0 Å². The van der Waals surface area contributed by atoms with Gasteiger partial charge in [-0.15, -0.1) is 0 Å². The highest BCUT2D eigenvalue weighted by Gasteiger charge is 2.30. The number of amides is 4. The van der Waals surface area contributed by atoms with Crippen molar-refractivity contribution in [2.45, 2.75) is 51.6 Å². The van der Waals surface area contributed by atoms with Crippen LogP contribution in [-0.2, 0) is 39.9 Å². The van der Waals surface area contributed by atoms with E-state index < -0.39 is 60.9 Å². The summed E-state index contributed by atoms with van der Waals surface area (Å²) in [5, 5.41) is 9.99. The van der Waals surface area contributed by atoms with Gasteiger partial charge in [0.2, 0.25) is 17.7 Å². The number of fused-ring (bicyclic) bond motifs is 3. The summed E-state index contributed by atoms with van der Waals surface area (Å²) in [6, 6.07) is 22.5. The maximum atomic E-state index is 13.3. The van der Waals surface area contributed by atoms with Crippen LogP contribution in [-0.4, -0.2) is 67.5 Å². The van der Waals surface area contributed by atoms with Gasteiger partial charge in [-0.2, -0.15) is 0 Å². The minimum Gasteiger partial charge on any atom is -0.449 e. The van der Waals surface area contributed by atoms with E-state index in [-0.39, 0.29) is 31.3 Å². The molecule has 12 heteroatoms. The van der Waals surface area contributed by atoms with Gasteiger partial charge in [0.1, 0.15) is 25.2 Å². The molecule has 4 amide bonds. The Morgan fingerprint density at radius 1 is 0.708 bits per heavy atom. The lowest BCUT2D eigenvalue weighted by molar-refractivity contribution is -0.160. The number of esters is 2. The number of hydrogen-bond donors (Lipinski definition) is 4. The van der Waals surface area contributed by atoms with Gasteiger partial charge < -0.3 is 30.7 Å². The SMILES string of the molecule is CC(=O)OC(=O)[C@H](CC(C)C)NC(=O)[C@H](Cc1ccccc1)NC(=O)CNC(=O)CNC(=O)OCC1c2ccccc2-c2ccccc21. The molecule has 0 fully saturated rings. The van der Waals surface area contributed by atoms with Crippen molar-refractivity contribution < 1.29 is 38.2 Å². The zero-order chi connectivity index (χ0) is 34.6. The average Bonchev–Trinajstić information content (AvgIpc) is 3.38. The predicted molar refractivity (Wildman–Crippen MR) is 176 cm³/mol. The summed E-state index contributed by atoms with van der Waals surface area (Å²) in [6.07, 6.45) is -0.488. The van der Waals surface area contributed by atoms with Gasteiger partial charge in [-0.25, -0.2) is 9.59 Å². The van der Waals surface area contributed by atoms with E-state index >= 15 is 0 Å². The van der Waals surface area contributed by atoms with Gasteiger partial charge in [0.25, 0.3) is 0 Å². The summed E-state index contributed by atoms with van der Waals surface area (Å²) in [6.45, 7) is 3.94. The highest BCUT2D eigenvalue weighted by molar-refractivity contribution is 5.94. The lowest BCUT2D eigenvalue weighted by atomic mass is 9.98. The molecule has 0 unspecified atom stereocenters. The van der Waals surface area contributed by atoms with E-state index in [2.05, 4.69) is 21.3 Å². The van der Waals surface area contributed by atoms with Crippen LogP contribution in [0.15, 0.2) is 78.9 Å². The molecule has 1 aliphatic rings. The number of carbonyl (C=O) groups excluding carboxylic acids is 6. The van der Waals surface area contributed by atoms with Crippen molar-refractivity contribution in [3.63, 3.8) is 0 Å².